The van der Waals surface area contributed by atoms with Gasteiger partial charge in [-0.05, 0) is 103 Å². The van der Waals surface area contributed by atoms with Gasteiger partial charge in [0.25, 0.3) is 0 Å². The average molecular weight is 931 g/mol. The smallest absolute Gasteiger partial charge is 0.306 e. The molecule has 0 fully saturated rings. The largest absolute Gasteiger partial charge is 0.462 e. The van der Waals surface area contributed by atoms with Gasteiger partial charge in [-0.3, -0.25) is 14.4 Å². The van der Waals surface area contributed by atoms with Gasteiger partial charge in [-0.25, -0.2) is 0 Å². The summed E-state index contributed by atoms with van der Waals surface area (Å²) >= 11 is 0. The van der Waals surface area contributed by atoms with Crippen molar-refractivity contribution < 1.29 is 28.6 Å². The van der Waals surface area contributed by atoms with E-state index in [4.69, 9.17) is 14.2 Å². The van der Waals surface area contributed by atoms with Crippen molar-refractivity contribution in [1.29, 1.82) is 0 Å². The Labute approximate surface area is 413 Å². The van der Waals surface area contributed by atoms with E-state index in [9.17, 15) is 14.4 Å². The zero-order valence-corrected chi connectivity index (χ0v) is 43.6. The maximum absolute atomic E-state index is 12.8. The molecule has 6 nitrogen and oxygen atoms in total. The first-order chi connectivity index (χ1) is 33.0. The Morgan fingerprint density at radius 1 is 0.313 bits per heavy atom. The van der Waals surface area contributed by atoms with Crippen molar-refractivity contribution in [3.8, 4) is 0 Å². The van der Waals surface area contributed by atoms with Crippen LogP contribution < -0.4 is 0 Å². The maximum Gasteiger partial charge on any atom is 0.306 e. The zero-order chi connectivity index (χ0) is 48.6. The first-order valence-electron chi connectivity index (χ1n) is 27.7. The first-order valence-corrected chi connectivity index (χ1v) is 27.7. The lowest BCUT2D eigenvalue weighted by atomic mass is 10.1. The van der Waals surface area contributed by atoms with Crippen LogP contribution in [0.5, 0.6) is 0 Å². The molecule has 0 aromatic heterocycles. The predicted octanol–water partition coefficient (Wildman–Crippen LogP) is 18.5. The van der Waals surface area contributed by atoms with Crippen molar-refractivity contribution in [1.82, 2.24) is 0 Å². The molecule has 0 aliphatic carbocycles. The van der Waals surface area contributed by atoms with Crippen LogP contribution in [0.2, 0.25) is 0 Å². The van der Waals surface area contributed by atoms with Gasteiger partial charge in [-0.1, -0.05) is 227 Å². The van der Waals surface area contributed by atoms with E-state index in [1.54, 1.807) is 0 Å². The Morgan fingerprint density at radius 3 is 0.925 bits per heavy atom. The van der Waals surface area contributed by atoms with Gasteiger partial charge in [0.05, 0.1) is 0 Å². The monoisotopic (exact) mass is 931 g/mol. The molecule has 0 bridgehead atoms. The molecule has 1 unspecified atom stereocenters. The van der Waals surface area contributed by atoms with E-state index in [0.717, 1.165) is 122 Å². The molecule has 0 aromatic carbocycles. The average Bonchev–Trinajstić information content (AvgIpc) is 3.33. The second-order valence-corrected chi connectivity index (χ2v) is 18.1. The molecule has 6 heteroatoms. The van der Waals surface area contributed by atoms with Crippen LogP contribution in [0.4, 0.5) is 0 Å². The van der Waals surface area contributed by atoms with Crippen LogP contribution >= 0.6 is 0 Å². The van der Waals surface area contributed by atoms with Crippen molar-refractivity contribution in [3.63, 3.8) is 0 Å². The third kappa shape index (κ3) is 53.2. The fraction of sp³-hybridized carbons (Fsp3) is 0.689. The van der Waals surface area contributed by atoms with Gasteiger partial charge < -0.3 is 14.2 Å². The normalized spacial score (nSPS) is 12.8. The lowest BCUT2D eigenvalue weighted by molar-refractivity contribution is -0.167. The molecule has 0 saturated carbocycles. The lowest BCUT2D eigenvalue weighted by Gasteiger charge is -2.18. The van der Waals surface area contributed by atoms with Gasteiger partial charge in [-0.15, -0.1) is 0 Å². The van der Waals surface area contributed by atoms with E-state index in [2.05, 4.69) is 118 Å². The molecule has 382 valence electrons. The Bertz CT molecular complexity index is 1350. The summed E-state index contributed by atoms with van der Waals surface area (Å²) in [6, 6.07) is 0. The molecule has 0 rings (SSSR count). The summed E-state index contributed by atoms with van der Waals surface area (Å²) < 4.78 is 16.7. The van der Waals surface area contributed by atoms with Crippen molar-refractivity contribution in [2.24, 2.45) is 0 Å². The zero-order valence-electron chi connectivity index (χ0n) is 43.6. The van der Waals surface area contributed by atoms with Gasteiger partial charge in [-0.2, -0.15) is 0 Å². The Kier molecular flexibility index (Phi) is 51.9. The van der Waals surface area contributed by atoms with Gasteiger partial charge in [0, 0.05) is 19.3 Å². The van der Waals surface area contributed by atoms with E-state index in [0.29, 0.717) is 19.3 Å². The number of allylic oxidation sites excluding steroid dienone is 16. The highest BCUT2D eigenvalue weighted by molar-refractivity contribution is 5.71. The topological polar surface area (TPSA) is 78.9 Å². The fourth-order valence-corrected chi connectivity index (χ4v) is 7.42. The molecule has 0 saturated heterocycles. The summed E-state index contributed by atoms with van der Waals surface area (Å²) in [5.41, 5.74) is 0. The standard InChI is InChI=1S/C61H102O6/c1-4-7-10-13-16-18-20-22-24-26-28-29-30-31-32-33-34-36-37-39-41-43-45-48-51-54-60(63)66-57-58(56-65-59(62)53-50-47-15-12-9-6-3)67-61(64)55-52-49-46-44-42-40-38-35-27-25-23-21-19-17-14-11-8-5-2/h7,10,16,18-19,21-22,24-25,27-29,31-32,34,36,58H,4-6,8-9,11-15,17,20,23,26,30,33,35,37-57H2,1-3H3/b10-7-,18-16-,21-19-,24-22-,27-25-,29-28-,32-31-,36-34-. The van der Waals surface area contributed by atoms with E-state index >= 15 is 0 Å². The van der Waals surface area contributed by atoms with Crippen molar-refractivity contribution in [2.75, 3.05) is 13.2 Å². The van der Waals surface area contributed by atoms with Crippen LogP contribution in [0.1, 0.15) is 252 Å². The quantitative estimate of drug-likeness (QED) is 0.0262. The first kappa shape index (κ1) is 63.3. The molecular weight excluding hydrogens is 829 g/mol. The third-order valence-corrected chi connectivity index (χ3v) is 11.6. The number of hydrogen-bond donors (Lipinski definition) is 0. The molecule has 1 atom stereocenters. The van der Waals surface area contributed by atoms with E-state index in [-0.39, 0.29) is 31.1 Å². The summed E-state index contributed by atoms with van der Waals surface area (Å²) in [5, 5.41) is 0. The molecule has 0 radical (unpaired) electrons. The minimum atomic E-state index is -0.785. The molecule has 0 amide bonds. The summed E-state index contributed by atoms with van der Waals surface area (Å²) in [6.45, 7) is 6.43. The van der Waals surface area contributed by atoms with Crippen molar-refractivity contribution >= 4 is 17.9 Å². The summed E-state index contributed by atoms with van der Waals surface area (Å²) in [7, 11) is 0. The highest BCUT2D eigenvalue weighted by atomic mass is 16.6. The van der Waals surface area contributed by atoms with E-state index in [1.165, 1.54) is 89.9 Å². The van der Waals surface area contributed by atoms with E-state index < -0.39 is 6.10 Å². The Morgan fingerprint density at radius 2 is 0.582 bits per heavy atom. The molecule has 67 heavy (non-hydrogen) atoms. The molecule has 0 aliphatic rings. The number of carbonyl (C=O) groups excluding carboxylic acids is 3. The van der Waals surface area contributed by atoms with Gasteiger partial charge in [0.15, 0.2) is 6.10 Å². The maximum atomic E-state index is 12.8. The molecule has 0 spiro atoms. The number of rotatable bonds is 49. The Balaban J connectivity index is 4.23. The predicted molar refractivity (Wildman–Crippen MR) is 288 cm³/mol. The second-order valence-electron chi connectivity index (χ2n) is 18.1. The van der Waals surface area contributed by atoms with Crippen LogP contribution in [0, 0.1) is 0 Å². The van der Waals surface area contributed by atoms with E-state index in [1.807, 2.05) is 0 Å². The van der Waals surface area contributed by atoms with Gasteiger partial charge in [0.2, 0.25) is 0 Å². The highest BCUT2D eigenvalue weighted by Gasteiger charge is 2.19. The van der Waals surface area contributed by atoms with Crippen molar-refractivity contribution in [3.05, 3.63) is 97.2 Å². The van der Waals surface area contributed by atoms with Gasteiger partial charge >= 0.3 is 17.9 Å². The van der Waals surface area contributed by atoms with Crippen molar-refractivity contribution in [2.45, 2.75) is 258 Å². The number of esters is 3. The summed E-state index contributed by atoms with van der Waals surface area (Å²) in [4.78, 5) is 37.8. The fourth-order valence-electron chi connectivity index (χ4n) is 7.42. The Hall–Kier alpha value is -3.67. The van der Waals surface area contributed by atoms with Crippen LogP contribution in [-0.2, 0) is 28.6 Å². The number of unbranched alkanes of at least 4 members (excludes halogenated alkanes) is 22. The van der Waals surface area contributed by atoms with Gasteiger partial charge in [0.1, 0.15) is 13.2 Å². The highest BCUT2D eigenvalue weighted by Crippen LogP contribution is 2.14. The van der Waals surface area contributed by atoms with Crippen LogP contribution in [0.25, 0.3) is 0 Å². The van der Waals surface area contributed by atoms with Crippen LogP contribution in [-0.4, -0.2) is 37.2 Å². The lowest BCUT2D eigenvalue weighted by Crippen LogP contribution is -2.30. The molecule has 0 heterocycles. The van der Waals surface area contributed by atoms with Crippen LogP contribution in [0.15, 0.2) is 97.2 Å². The third-order valence-electron chi connectivity index (χ3n) is 11.6. The second kappa shape index (κ2) is 54.9. The molecule has 0 aromatic rings. The number of hydrogen-bond acceptors (Lipinski definition) is 6. The SMILES string of the molecule is CC/C=C\C/C=C\C/C=C\C/C=C\C/C=C\C/C=C\CCCCCCCCC(=O)OCC(COC(=O)CCCCCCCC)OC(=O)CCCCCCCCC/C=C\C/C=C\CCCCCC. The van der Waals surface area contributed by atoms with Crippen LogP contribution in [0.3, 0.4) is 0 Å². The molecule has 0 aliphatic heterocycles. The molecular formula is C61H102O6. The molecule has 0 N–H and O–H groups in total. The number of ether oxygens (including phenoxy) is 3. The minimum Gasteiger partial charge on any atom is -0.462 e. The summed E-state index contributed by atoms with van der Waals surface area (Å²) in [5.74, 6) is -0.919. The number of carbonyl (C=O) groups is 3. The summed E-state index contributed by atoms with van der Waals surface area (Å²) in [6.07, 6.45) is 72.8. The minimum absolute atomic E-state index is 0.0860.